The summed E-state index contributed by atoms with van der Waals surface area (Å²) in [6.45, 7) is 10.7. The summed E-state index contributed by atoms with van der Waals surface area (Å²) in [4.78, 5) is 0. The molecule has 0 aromatic carbocycles. The minimum Gasteiger partial charge on any atom is -0.132 e. The van der Waals surface area contributed by atoms with Crippen LogP contribution in [-0.4, -0.2) is 71.0 Å². The molecule has 0 unspecified atom stereocenters. The Morgan fingerprint density at radius 3 is 1.29 bits per heavy atom. The lowest BCUT2D eigenvalue weighted by atomic mass is 10.4. The van der Waals surface area contributed by atoms with Crippen LogP contribution in [0.1, 0.15) is 6.42 Å². The van der Waals surface area contributed by atoms with Crippen molar-refractivity contribution in [1.29, 1.82) is 0 Å². The zero-order valence-corrected chi connectivity index (χ0v) is 9.49. The van der Waals surface area contributed by atoms with Gasteiger partial charge in [-0.25, -0.2) is 0 Å². The van der Waals surface area contributed by atoms with Crippen molar-refractivity contribution in [2.75, 3.05) is 52.4 Å². The van der Waals surface area contributed by atoms with E-state index in [4.69, 9.17) is 0 Å². The van der Waals surface area contributed by atoms with Crippen LogP contribution in [0.25, 0.3) is 0 Å². The van der Waals surface area contributed by atoms with E-state index in [1.54, 1.807) is 0 Å². The van der Waals surface area contributed by atoms with Crippen molar-refractivity contribution >= 4 is 7.87 Å². The lowest BCUT2D eigenvalue weighted by molar-refractivity contribution is 0.341. The Bertz CT molecular complexity index is 242. The predicted molar refractivity (Wildman–Crippen MR) is 57.8 cm³/mol. The lowest BCUT2D eigenvalue weighted by Gasteiger charge is -2.39. The van der Waals surface area contributed by atoms with E-state index in [9.17, 15) is 0 Å². The predicted octanol–water partition coefficient (Wildman–Crippen LogP) is 0.316. The SMILES string of the molecule is C1CN2CCN3CCN4CCN(C1)[P+]234. The third kappa shape index (κ3) is 0.760. The quantitative estimate of drug-likeness (QED) is 0.537. The molecule has 0 aliphatic carbocycles. The Balaban J connectivity index is 1.84. The molecule has 0 N–H and O–H groups in total. The summed E-state index contributed by atoms with van der Waals surface area (Å²) in [5.41, 5.74) is 0. The van der Waals surface area contributed by atoms with Gasteiger partial charge in [-0.05, 0) is 6.42 Å². The third-order valence-electron chi connectivity index (χ3n) is 4.20. The molecule has 4 fully saturated rings. The summed E-state index contributed by atoms with van der Waals surface area (Å²) in [5.74, 6) is 0. The molecule has 0 aromatic heterocycles. The van der Waals surface area contributed by atoms with Gasteiger partial charge >= 0.3 is 7.87 Å². The van der Waals surface area contributed by atoms with E-state index in [1.165, 1.54) is 58.8 Å². The zero-order valence-electron chi connectivity index (χ0n) is 8.60. The zero-order chi connectivity index (χ0) is 9.17. The molecular weight excluding hydrogens is 195 g/mol. The molecule has 5 heteroatoms. The standard InChI is InChI=1S/C9H18N4P/c1-2-10-4-6-12-8-9-13-7-5-11(3-1)14(10,12)13/h1-9H2/q+1. The van der Waals surface area contributed by atoms with Crippen molar-refractivity contribution in [3.8, 4) is 0 Å². The molecular formula is C9H18N4P+. The van der Waals surface area contributed by atoms with Crippen molar-refractivity contribution < 1.29 is 0 Å². The molecule has 4 heterocycles. The molecule has 4 aliphatic rings. The average Bonchev–Trinajstić information content (AvgIpc) is 2.82. The highest BCUT2D eigenvalue weighted by molar-refractivity contribution is 7.67. The van der Waals surface area contributed by atoms with E-state index in [0.29, 0.717) is 0 Å². The number of rotatable bonds is 0. The summed E-state index contributed by atoms with van der Waals surface area (Å²) in [6, 6.07) is 0. The fourth-order valence-electron chi connectivity index (χ4n) is 3.72. The maximum absolute atomic E-state index is 2.82. The number of hydrogen-bond acceptors (Lipinski definition) is 4. The second-order valence-electron chi connectivity index (χ2n) is 4.70. The van der Waals surface area contributed by atoms with E-state index in [1.807, 2.05) is 0 Å². The Morgan fingerprint density at radius 2 is 0.857 bits per heavy atom. The highest BCUT2D eigenvalue weighted by atomic mass is 31.2. The smallest absolute Gasteiger partial charge is 0.132 e. The maximum atomic E-state index is 2.82. The van der Waals surface area contributed by atoms with Crippen LogP contribution in [0, 0.1) is 0 Å². The first kappa shape index (κ1) is 8.43. The van der Waals surface area contributed by atoms with E-state index in [2.05, 4.69) is 18.7 Å². The highest BCUT2D eigenvalue weighted by Crippen LogP contribution is 2.77. The maximum Gasteiger partial charge on any atom is 0.308 e. The van der Waals surface area contributed by atoms with Crippen LogP contribution in [0.4, 0.5) is 0 Å². The van der Waals surface area contributed by atoms with Crippen LogP contribution >= 0.6 is 7.87 Å². The van der Waals surface area contributed by atoms with Gasteiger partial charge in [0.1, 0.15) is 0 Å². The summed E-state index contributed by atoms with van der Waals surface area (Å²) in [6.07, 6.45) is 1.39. The van der Waals surface area contributed by atoms with E-state index >= 15 is 0 Å². The molecule has 0 amide bonds. The molecule has 4 aliphatic heterocycles. The van der Waals surface area contributed by atoms with Gasteiger partial charge in [0.25, 0.3) is 0 Å². The second-order valence-corrected chi connectivity index (χ2v) is 8.04. The molecule has 14 heavy (non-hydrogen) atoms. The van der Waals surface area contributed by atoms with Gasteiger partial charge in [0.05, 0.1) is 39.3 Å². The summed E-state index contributed by atoms with van der Waals surface area (Å²) in [5, 5.41) is 0. The van der Waals surface area contributed by atoms with Crippen LogP contribution < -0.4 is 0 Å². The molecule has 0 saturated carbocycles. The van der Waals surface area contributed by atoms with Crippen molar-refractivity contribution in [1.82, 2.24) is 18.7 Å². The van der Waals surface area contributed by atoms with Crippen LogP contribution in [0.5, 0.6) is 0 Å². The Kier molecular flexibility index (Phi) is 1.62. The van der Waals surface area contributed by atoms with Gasteiger partial charge in [-0.2, -0.15) is 0 Å². The van der Waals surface area contributed by atoms with Crippen molar-refractivity contribution in [3.05, 3.63) is 0 Å². The Morgan fingerprint density at radius 1 is 0.500 bits per heavy atom. The van der Waals surface area contributed by atoms with Gasteiger partial charge in [0.15, 0.2) is 0 Å². The van der Waals surface area contributed by atoms with Gasteiger partial charge in [-0.1, -0.05) is 0 Å². The monoisotopic (exact) mass is 213 g/mol. The summed E-state index contributed by atoms with van der Waals surface area (Å²) < 4.78 is 11.2. The summed E-state index contributed by atoms with van der Waals surface area (Å²) in [7, 11) is -1.05. The molecule has 78 valence electrons. The normalized spacial score (nSPS) is 37.7. The lowest BCUT2D eigenvalue weighted by Crippen LogP contribution is -2.41. The fraction of sp³-hybridized carbons (Fsp3) is 1.00. The van der Waals surface area contributed by atoms with Gasteiger partial charge in [0.2, 0.25) is 0 Å². The largest absolute Gasteiger partial charge is 0.308 e. The van der Waals surface area contributed by atoms with Gasteiger partial charge < -0.3 is 0 Å². The average molecular weight is 213 g/mol. The molecule has 0 bridgehead atoms. The van der Waals surface area contributed by atoms with E-state index in [0.717, 1.165) is 0 Å². The minimum atomic E-state index is -1.05. The van der Waals surface area contributed by atoms with Crippen molar-refractivity contribution in [3.63, 3.8) is 0 Å². The van der Waals surface area contributed by atoms with Gasteiger partial charge in [-0.3, -0.25) is 0 Å². The molecule has 0 radical (unpaired) electrons. The van der Waals surface area contributed by atoms with Crippen LogP contribution in [0.15, 0.2) is 0 Å². The fourth-order valence-corrected chi connectivity index (χ4v) is 8.83. The minimum absolute atomic E-state index is 1.05. The topological polar surface area (TPSA) is 13.0 Å². The third-order valence-corrected chi connectivity index (χ3v) is 8.83. The van der Waals surface area contributed by atoms with Crippen molar-refractivity contribution in [2.45, 2.75) is 6.42 Å². The molecule has 1 spiro atoms. The molecule has 4 saturated heterocycles. The van der Waals surface area contributed by atoms with E-state index < -0.39 is 7.87 Å². The number of nitrogens with zero attached hydrogens (tertiary/aromatic N) is 4. The molecule has 0 atom stereocenters. The van der Waals surface area contributed by atoms with E-state index in [-0.39, 0.29) is 0 Å². The Labute approximate surface area is 86.0 Å². The molecule has 4 nitrogen and oxygen atoms in total. The van der Waals surface area contributed by atoms with Crippen LogP contribution in [0.2, 0.25) is 0 Å². The Hall–Kier alpha value is 0.270. The van der Waals surface area contributed by atoms with Crippen LogP contribution in [0.3, 0.4) is 0 Å². The second kappa shape index (κ2) is 2.69. The van der Waals surface area contributed by atoms with Gasteiger partial charge in [0, 0.05) is 13.1 Å². The van der Waals surface area contributed by atoms with Crippen LogP contribution in [-0.2, 0) is 0 Å². The van der Waals surface area contributed by atoms with Gasteiger partial charge in [-0.15, -0.1) is 18.7 Å². The molecule has 0 aromatic rings. The highest BCUT2D eigenvalue weighted by Gasteiger charge is 2.71. The summed E-state index contributed by atoms with van der Waals surface area (Å²) >= 11 is 0. The molecule has 4 rings (SSSR count). The first-order chi connectivity index (χ1) is 6.92. The first-order valence-electron chi connectivity index (χ1n) is 5.83. The number of hydrogen-bond donors (Lipinski definition) is 0. The van der Waals surface area contributed by atoms with Crippen molar-refractivity contribution in [2.24, 2.45) is 0 Å². The first-order valence-corrected chi connectivity index (χ1v) is 7.43.